The minimum atomic E-state index is -2.38. The van der Waals surface area contributed by atoms with Crippen LogP contribution in [0.2, 0.25) is 0 Å². The highest BCUT2D eigenvalue weighted by Crippen LogP contribution is 2.22. The summed E-state index contributed by atoms with van der Waals surface area (Å²) in [6.45, 7) is 0.154. The van der Waals surface area contributed by atoms with Gasteiger partial charge in [0.25, 0.3) is 0 Å². The molecule has 0 aliphatic rings. The largest absolute Gasteiger partial charge is 0.760 e. The number of hydrogen-bond acceptors (Lipinski definition) is 5. The summed E-state index contributed by atoms with van der Waals surface area (Å²) in [6.07, 6.45) is 1.88. The van der Waals surface area contributed by atoms with E-state index in [0.29, 0.717) is 23.1 Å². The summed E-state index contributed by atoms with van der Waals surface area (Å²) in [5.41, 5.74) is 1.08. The topological polar surface area (TPSA) is 95.3 Å². The quantitative estimate of drug-likeness (QED) is 0.387. The number of carbonyl (C=O) groups excluding carboxylic acids is 1. The Morgan fingerprint density at radius 2 is 2.08 bits per heavy atom. The molecule has 9 heteroatoms. The van der Waals surface area contributed by atoms with Crippen molar-refractivity contribution in [2.45, 2.75) is 12.8 Å². The van der Waals surface area contributed by atoms with Crippen molar-refractivity contribution in [1.29, 1.82) is 0 Å². The van der Waals surface area contributed by atoms with Crippen molar-refractivity contribution in [2.24, 2.45) is 0 Å². The molecule has 0 saturated heterocycles. The zero-order valence-corrected chi connectivity index (χ0v) is 14.1. The average Bonchev–Trinajstić information content (AvgIpc) is 3.08. The molecule has 0 bridgehead atoms. The zero-order chi connectivity index (χ0) is 18.7. The molecule has 136 valence electrons. The van der Waals surface area contributed by atoms with Gasteiger partial charge in [0, 0.05) is 23.4 Å². The van der Waals surface area contributed by atoms with Gasteiger partial charge in [0.05, 0.1) is 5.56 Å². The maximum atomic E-state index is 14.1. The summed E-state index contributed by atoms with van der Waals surface area (Å²) in [7, 11) is 0. The van der Waals surface area contributed by atoms with E-state index in [2.05, 4.69) is 9.71 Å². The molecule has 3 rings (SSSR count). The molecule has 0 aliphatic heterocycles. The van der Waals surface area contributed by atoms with Gasteiger partial charge >= 0.3 is 0 Å². The van der Waals surface area contributed by atoms with Crippen LogP contribution in [0.3, 0.4) is 0 Å². The fourth-order valence-electron chi connectivity index (χ4n) is 2.56. The molecule has 2 aromatic carbocycles. The second-order valence-electron chi connectivity index (χ2n) is 5.54. The number of rotatable bonds is 7. The predicted octanol–water partition coefficient (Wildman–Crippen LogP) is 2.65. The highest BCUT2D eigenvalue weighted by molar-refractivity contribution is 7.77. The van der Waals surface area contributed by atoms with Gasteiger partial charge in [-0.1, -0.05) is 0 Å². The first kappa shape index (κ1) is 18.3. The van der Waals surface area contributed by atoms with Crippen LogP contribution in [0.1, 0.15) is 27.9 Å². The first-order chi connectivity index (χ1) is 12.5. The summed E-state index contributed by atoms with van der Waals surface area (Å²) in [5.74, 6) is -3.03. The Morgan fingerprint density at radius 3 is 2.85 bits per heavy atom. The molecule has 3 aromatic rings. The molecule has 0 saturated carbocycles. The first-order valence-corrected chi connectivity index (χ1v) is 8.72. The lowest BCUT2D eigenvalue weighted by Crippen LogP contribution is -2.18. The Balaban J connectivity index is 1.85. The van der Waals surface area contributed by atoms with Crippen LogP contribution in [0.4, 0.5) is 8.78 Å². The van der Waals surface area contributed by atoms with E-state index in [0.717, 1.165) is 6.07 Å². The highest BCUT2D eigenvalue weighted by Gasteiger charge is 2.19. The Kier molecular flexibility index (Phi) is 5.50. The van der Waals surface area contributed by atoms with E-state index < -0.39 is 28.7 Å². The Hall–Kier alpha value is -2.49. The number of ketones is 1. The second-order valence-corrected chi connectivity index (χ2v) is 6.29. The van der Waals surface area contributed by atoms with Crippen molar-refractivity contribution >= 4 is 28.1 Å². The Morgan fingerprint density at radius 1 is 1.27 bits per heavy atom. The van der Waals surface area contributed by atoms with Crippen LogP contribution in [-0.4, -0.2) is 26.1 Å². The van der Waals surface area contributed by atoms with Gasteiger partial charge in [0.1, 0.15) is 5.52 Å². The van der Waals surface area contributed by atoms with Crippen LogP contribution in [-0.2, 0) is 17.7 Å². The number of nitrogens with zero attached hydrogens (tertiary/aromatic N) is 1. The van der Waals surface area contributed by atoms with Crippen LogP contribution >= 0.6 is 0 Å². The van der Waals surface area contributed by atoms with Crippen molar-refractivity contribution in [2.75, 3.05) is 6.54 Å². The summed E-state index contributed by atoms with van der Waals surface area (Å²) in [4.78, 5) is 16.5. The SMILES string of the molecule is O=C(c1ccc2ocnc2c1)c1cc(CCCNS(=O)[O-])cc(F)c1F. The number of halogens is 2. The van der Waals surface area contributed by atoms with Gasteiger partial charge in [-0.15, -0.1) is 0 Å². The highest BCUT2D eigenvalue weighted by atomic mass is 32.2. The summed E-state index contributed by atoms with van der Waals surface area (Å²) in [6, 6.07) is 6.71. The third-order valence-electron chi connectivity index (χ3n) is 3.79. The van der Waals surface area contributed by atoms with Gasteiger partial charge in [0.2, 0.25) is 0 Å². The minimum Gasteiger partial charge on any atom is -0.760 e. The first-order valence-electron chi connectivity index (χ1n) is 7.64. The number of oxazole rings is 1. The number of aryl methyl sites for hydroxylation is 1. The molecule has 0 radical (unpaired) electrons. The molecule has 6 nitrogen and oxygen atoms in total. The Labute approximate surface area is 149 Å². The third kappa shape index (κ3) is 4.01. The maximum Gasteiger partial charge on any atom is 0.196 e. The monoisotopic (exact) mass is 379 g/mol. The standard InChI is InChI=1S/C17H14F2N2O4S/c18-13-7-10(2-1-5-21-26(23)24)6-12(16(13)19)17(22)11-3-4-15-14(8-11)20-9-25-15/h3-4,6-9,21H,1-2,5H2,(H,23,24)/p-1. The lowest BCUT2D eigenvalue weighted by Gasteiger charge is -2.09. The van der Waals surface area contributed by atoms with Crippen LogP contribution < -0.4 is 4.72 Å². The van der Waals surface area contributed by atoms with E-state index in [1.54, 1.807) is 0 Å². The number of benzene rings is 2. The number of nitrogens with one attached hydrogen (secondary N) is 1. The molecule has 1 unspecified atom stereocenters. The van der Waals surface area contributed by atoms with E-state index in [-0.39, 0.29) is 24.1 Å². The molecule has 1 heterocycles. The number of hydrogen-bond donors (Lipinski definition) is 1. The van der Waals surface area contributed by atoms with Crippen LogP contribution in [0.25, 0.3) is 11.1 Å². The molecular weight excluding hydrogens is 366 g/mol. The van der Waals surface area contributed by atoms with Gasteiger partial charge in [-0.25, -0.2) is 18.5 Å². The van der Waals surface area contributed by atoms with E-state index >= 15 is 0 Å². The van der Waals surface area contributed by atoms with Crippen LogP contribution in [0.15, 0.2) is 41.1 Å². The van der Waals surface area contributed by atoms with Crippen molar-refractivity contribution < 1.29 is 26.8 Å². The lowest BCUT2D eigenvalue weighted by molar-refractivity contribution is 0.103. The summed E-state index contributed by atoms with van der Waals surface area (Å²) in [5, 5.41) is 0. The second kappa shape index (κ2) is 7.81. The van der Waals surface area contributed by atoms with Crippen molar-refractivity contribution in [3.63, 3.8) is 0 Å². The van der Waals surface area contributed by atoms with E-state index in [1.165, 1.54) is 30.7 Å². The van der Waals surface area contributed by atoms with Crippen molar-refractivity contribution in [3.05, 3.63) is 65.1 Å². The van der Waals surface area contributed by atoms with Gasteiger partial charge < -0.3 is 8.97 Å². The zero-order valence-electron chi connectivity index (χ0n) is 13.3. The Bertz CT molecular complexity index is 990. The van der Waals surface area contributed by atoms with Crippen molar-refractivity contribution in [1.82, 2.24) is 9.71 Å². The third-order valence-corrected chi connectivity index (χ3v) is 4.23. The van der Waals surface area contributed by atoms with Gasteiger partial charge in [0.15, 0.2) is 29.4 Å². The molecule has 0 fully saturated rings. The smallest absolute Gasteiger partial charge is 0.196 e. The molecule has 0 spiro atoms. The van der Waals surface area contributed by atoms with Gasteiger partial charge in [-0.2, -0.15) is 0 Å². The normalized spacial score (nSPS) is 12.4. The number of aromatic nitrogens is 1. The summed E-state index contributed by atoms with van der Waals surface area (Å²) >= 11 is -2.38. The van der Waals surface area contributed by atoms with Gasteiger partial charge in [-0.3, -0.25) is 9.00 Å². The number of fused-ring (bicyclic) bond motifs is 1. The molecule has 26 heavy (non-hydrogen) atoms. The minimum absolute atomic E-state index is 0.154. The maximum absolute atomic E-state index is 14.1. The molecule has 0 aliphatic carbocycles. The molecule has 1 N–H and O–H groups in total. The fourth-order valence-corrected chi connectivity index (χ4v) is 2.87. The molecule has 1 aromatic heterocycles. The van der Waals surface area contributed by atoms with Crippen LogP contribution in [0, 0.1) is 11.6 Å². The molecule has 0 amide bonds. The average molecular weight is 379 g/mol. The van der Waals surface area contributed by atoms with E-state index in [4.69, 9.17) is 4.42 Å². The summed E-state index contributed by atoms with van der Waals surface area (Å²) < 4.78 is 56.1. The molecule has 1 atom stereocenters. The van der Waals surface area contributed by atoms with E-state index in [9.17, 15) is 22.3 Å². The van der Waals surface area contributed by atoms with Gasteiger partial charge in [-0.05, 0) is 48.7 Å². The number of carbonyl (C=O) groups is 1. The molecular formula is C17H13F2N2O4S-. The van der Waals surface area contributed by atoms with Crippen molar-refractivity contribution in [3.8, 4) is 0 Å². The predicted molar refractivity (Wildman–Crippen MR) is 89.0 cm³/mol. The van der Waals surface area contributed by atoms with Crippen LogP contribution in [0.5, 0.6) is 0 Å². The lowest BCUT2D eigenvalue weighted by atomic mass is 9.98. The van der Waals surface area contributed by atoms with E-state index in [1.807, 2.05) is 0 Å². The fraction of sp³-hybridized carbons (Fsp3) is 0.176.